The third-order valence-electron chi connectivity index (χ3n) is 4.79. The molecule has 6 nitrogen and oxygen atoms in total. The Bertz CT molecular complexity index is 799. The molecular formula is C18H22ClN5O. The molecule has 0 bridgehead atoms. The van der Waals surface area contributed by atoms with E-state index in [9.17, 15) is 4.79 Å². The average molecular weight is 360 g/mol. The molecule has 1 atom stereocenters. The van der Waals surface area contributed by atoms with Crippen LogP contribution in [0.5, 0.6) is 0 Å². The van der Waals surface area contributed by atoms with Crippen LogP contribution >= 0.6 is 11.6 Å². The number of carbonyl (C=O) groups is 1. The summed E-state index contributed by atoms with van der Waals surface area (Å²) < 4.78 is 2.00. The van der Waals surface area contributed by atoms with Crippen LogP contribution < -0.4 is 0 Å². The maximum Gasteiger partial charge on any atom is 0.256 e. The summed E-state index contributed by atoms with van der Waals surface area (Å²) in [6.45, 7) is 5.65. The number of carbonyl (C=O) groups excluding carboxylic acids is 1. The lowest BCUT2D eigenvalue weighted by atomic mass is 9.99. The largest absolute Gasteiger partial charge is 0.326 e. The number of amides is 1. The second-order valence-corrected chi connectivity index (χ2v) is 7.80. The lowest BCUT2D eigenvalue weighted by Gasteiger charge is -2.36. The highest BCUT2D eigenvalue weighted by Crippen LogP contribution is 2.40. The van der Waals surface area contributed by atoms with E-state index in [1.54, 1.807) is 18.5 Å². The number of aromatic nitrogens is 4. The van der Waals surface area contributed by atoms with Crippen molar-refractivity contribution in [3.05, 3.63) is 40.7 Å². The van der Waals surface area contributed by atoms with Gasteiger partial charge in [-0.1, -0.05) is 25.4 Å². The normalized spacial score (nSPS) is 20.0. The van der Waals surface area contributed by atoms with Crippen molar-refractivity contribution < 1.29 is 4.79 Å². The highest BCUT2D eigenvalue weighted by Gasteiger charge is 2.37. The number of hydrogen-bond acceptors (Lipinski definition) is 4. The van der Waals surface area contributed by atoms with E-state index in [1.807, 2.05) is 9.58 Å². The van der Waals surface area contributed by atoms with Crippen molar-refractivity contribution in [2.75, 3.05) is 6.54 Å². The number of halogens is 1. The van der Waals surface area contributed by atoms with Crippen LogP contribution in [0.15, 0.2) is 18.5 Å². The van der Waals surface area contributed by atoms with E-state index >= 15 is 0 Å². The Labute approximate surface area is 152 Å². The van der Waals surface area contributed by atoms with Gasteiger partial charge in [0.05, 0.1) is 23.2 Å². The smallest absolute Gasteiger partial charge is 0.256 e. The molecule has 0 radical (unpaired) electrons. The zero-order chi connectivity index (χ0) is 17.6. The lowest BCUT2D eigenvalue weighted by Crippen LogP contribution is -2.43. The van der Waals surface area contributed by atoms with Crippen LogP contribution in [0.2, 0.25) is 5.02 Å². The predicted octanol–water partition coefficient (Wildman–Crippen LogP) is 3.45. The molecule has 2 aliphatic rings. The van der Waals surface area contributed by atoms with E-state index in [0.717, 1.165) is 18.1 Å². The number of hydrogen-bond donors (Lipinski definition) is 0. The molecule has 132 valence electrons. The monoisotopic (exact) mass is 359 g/mol. The molecule has 7 heteroatoms. The standard InChI is InChI=1S/C18H22ClN5O/c1-11(2)7-15-17-21-16(12-3-4-12)22-24(17)6-5-23(15)18(25)13-8-14(19)10-20-9-13/h8-12,15H,3-7H2,1-2H3/t15-/m0/s1. The van der Waals surface area contributed by atoms with E-state index in [4.69, 9.17) is 16.6 Å². The summed E-state index contributed by atoms with van der Waals surface area (Å²) >= 11 is 6.02. The summed E-state index contributed by atoms with van der Waals surface area (Å²) in [6.07, 6.45) is 6.33. The topological polar surface area (TPSA) is 63.9 Å². The van der Waals surface area contributed by atoms with Crippen LogP contribution in [0.25, 0.3) is 0 Å². The first-order valence-corrected chi connectivity index (χ1v) is 9.27. The Hall–Kier alpha value is -1.95. The molecule has 0 saturated heterocycles. The Morgan fingerprint density at radius 1 is 1.32 bits per heavy atom. The molecule has 1 aliphatic carbocycles. The molecule has 0 unspecified atom stereocenters. The summed E-state index contributed by atoms with van der Waals surface area (Å²) in [4.78, 5) is 23.8. The molecule has 3 heterocycles. The van der Waals surface area contributed by atoms with Gasteiger partial charge < -0.3 is 4.90 Å². The number of nitrogens with zero attached hydrogens (tertiary/aromatic N) is 5. The summed E-state index contributed by atoms with van der Waals surface area (Å²) in [5, 5.41) is 5.16. The minimum atomic E-state index is -0.0553. The van der Waals surface area contributed by atoms with E-state index in [-0.39, 0.29) is 11.9 Å². The summed E-state index contributed by atoms with van der Waals surface area (Å²) in [5.41, 5.74) is 0.525. The van der Waals surface area contributed by atoms with Gasteiger partial charge in [-0.15, -0.1) is 0 Å². The van der Waals surface area contributed by atoms with Gasteiger partial charge in [0.1, 0.15) is 5.82 Å². The highest BCUT2D eigenvalue weighted by molar-refractivity contribution is 6.30. The first-order valence-electron chi connectivity index (χ1n) is 8.89. The lowest BCUT2D eigenvalue weighted by molar-refractivity contribution is 0.0578. The molecule has 2 aromatic rings. The fourth-order valence-corrected chi connectivity index (χ4v) is 3.59. The van der Waals surface area contributed by atoms with Gasteiger partial charge in [0.25, 0.3) is 5.91 Å². The Balaban J connectivity index is 1.67. The third kappa shape index (κ3) is 3.27. The van der Waals surface area contributed by atoms with Gasteiger partial charge in [-0.05, 0) is 31.2 Å². The molecule has 0 spiro atoms. The van der Waals surface area contributed by atoms with Crippen molar-refractivity contribution in [2.24, 2.45) is 5.92 Å². The Morgan fingerprint density at radius 3 is 2.80 bits per heavy atom. The summed E-state index contributed by atoms with van der Waals surface area (Å²) in [6, 6.07) is 1.62. The summed E-state index contributed by atoms with van der Waals surface area (Å²) in [7, 11) is 0. The van der Waals surface area contributed by atoms with Crippen molar-refractivity contribution in [3.63, 3.8) is 0 Å². The number of fused-ring (bicyclic) bond motifs is 1. The number of rotatable bonds is 4. The SMILES string of the molecule is CC(C)C[C@H]1c2nc(C3CC3)nn2CCN1C(=O)c1cncc(Cl)c1. The fourth-order valence-electron chi connectivity index (χ4n) is 3.41. The van der Waals surface area contributed by atoms with Crippen LogP contribution in [0.4, 0.5) is 0 Å². The van der Waals surface area contributed by atoms with Gasteiger partial charge in [-0.2, -0.15) is 5.10 Å². The minimum Gasteiger partial charge on any atom is -0.326 e. The molecule has 1 saturated carbocycles. The minimum absolute atomic E-state index is 0.0390. The molecular weight excluding hydrogens is 338 g/mol. The zero-order valence-electron chi connectivity index (χ0n) is 14.5. The van der Waals surface area contributed by atoms with Gasteiger partial charge in [-0.25, -0.2) is 9.67 Å². The van der Waals surface area contributed by atoms with Crippen LogP contribution in [0.3, 0.4) is 0 Å². The maximum absolute atomic E-state index is 13.1. The number of pyridine rings is 1. The molecule has 1 amide bonds. The fraction of sp³-hybridized carbons (Fsp3) is 0.556. The molecule has 4 rings (SSSR count). The summed E-state index contributed by atoms with van der Waals surface area (Å²) in [5.74, 6) is 2.79. The molecule has 1 aliphatic heterocycles. The van der Waals surface area contributed by atoms with Crippen LogP contribution in [0, 0.1) is 5.92 Å². The van der Waals surface area contributed by atoms with E-state index < -0.39 is 0 Å². The van der Waals surface area contributed by atoms with Gasteiger partial charge in [0.2, 0.25) is 0 Å². The molecule has 0 N–H and O–H groups in total. The molecule has 1 fully saturated rings. The third-order valence-corrected chi connectivity index (χ3v) is 5.00. The first-order chi connectivity index (χ1) is 12.0. The van der Waals surface area contributed by atoms with Crippen LogP contribution in [-0.2, 0) is 6.54 Å². The van der Waals surface area contributed by atoms with Crippen molar-refractivity contribution in [2.45, 2.75) is 51.6 Å². The van der Waals surface area contributed by atoms with Gasteiger partial charge >= 0.3 is 0 Å². The van der Waals surface area contributed by atoms with Crippen LogP contribution in [-0.4, -0.2) is 37.1 Å². The van der Waals surface area contributed by atoms with E-state index in [1.165, 1.54) is 12.8 Å². The van der Waals surface area contributed by atoms with Gasteiger partial charge in [0, 0.05) is 24.9 Å². The van der Waals surface area contributed by atoms with E-state index in [0.29, 0.717) is 35.5 Å². The predicted molar refractivity (Wildman–Crippen MR) is 94.5 cm³/mol. The highest BCUT2D eigenvalue weighted by atomic mass is 35.5. The maximum atomic E-state index is 13.1. The van der Waals surface area contributed by atoms with Crippen molar-refractivity contribution in [3.8, 4) is 0 Å². The second-order valence-electron chi connectivity index (χ2n) is 7.36. The van der Waals surface area contributed by atoms with Crippen LogP contribution in [0.1, 0.15) is 67.1 Å². The van der Waals surface area contributed by atoms with Crippen molar-refractivity contribution in [1.82, 2.24) is 24.6 Å². The van der Waals surface area contributed by atoms with Crippen molar-refractivity contribution in [1.29, 1.82) is 0 Å². The quantitative estimate of drug-likeness (QED) is 0.838. The van der Waals surface area contributed by atoms with E-state index in [2.05, 4.69) is 23.9 Å². The Morgan fingerprint density at radius 2 is 2.12 bits per heavy atom. The molecule has 0 aromatic carbocycles. The van der Waals surface area contributed by atoms with Crippen molar-refractivity contribution >= 4 is 17.5 Å². The molecule has 2 aromatic heterocycles. The van der Waals surface area contributed by atoms with Gasteiger partial charge in [0.15, 0.2) is 5.82 Å². The van der Waals surface area contributed by atoms with Gasteiger partial charge in [-0.3, -0.25) is 9.78 Å². The first kappa shape index (κ1) is 16.5. The average Bonchev–Trinajstić information content (AvgIpc) is 3.33. The second kappa shape index (κ2) is 6.41. The molecule has 25 heavy (non-hydrogen) atoms. The Kier molecular flexibility index (Phi) is 4.23. The zero-order valence-corrected chi connectivity index (χ0v) is 15.3.